The molecule has 45 heavy (non-hydrogen) atoms. The second kappa shape index (κ2) is 11.2. The Morgan fingerprint density at radius 1 is 1.11 bits per heavy atom. The molecule has 6 rings (SSSR count). The fourth-order valence-corrected chi connectivity index (χ4v) is 5.19. The van der Waals surface area contributed by atoms with Crippen molar-refractivity contribution in [1.29, 1.82) is 0 Å². The monoisotopic (exact) mass is 631 g/mol. The molecular formula is C32H27F6N3O4. The lowest BCUT2D eigenvalue weighted by Gasteiger charge is -2.31. The Balaban J connectivity index is 1.40. The molecule has 0 bridgehead atoms. The van der Waals surface area contributed by atoms with Crippen LogP contribution in [0, 0.1) is 12.7 Å². The van der Waals surface area contributed by atoms with Crippen molar-refractivity contribution in [2.24, 2.45) is 0 Å². The maximum absolute atomic E-state index is 14.7. The van der Waals surface area contributed by atoms with Crippen LogP contribution < -0.4 is 14.8 Å². The SMILES string of the molecule is Cc1cnc2c(OC3CC3)cc(C(=O)NC[C@](O)(c3cc4c(c(-c5ccc(F)cc5)n3)OCC4(CF)CF)C(F)(F)F)cc2c1. The summed E-state index contributed by atoms with van der Waals surface area (Å²) in [5.41, 5.74) is -6.03. The highest BCUT2D eigenvalue weighted by Crippen LogP contribution is 2.48. The number of nitrogens with zero attached hydrogens (tertiary/aromatic N) is 2. The van der Waals surface area contributed by atoms with Gasteiger partial charge >= 0.3 is 6.18 Å². The van der Waals surface area contributed by atoms with Crippen LogP contribution in [-0.4, -0.2) is 59.8 Å². The van der Waals surface area contributed by atoms with Crippen LogP contribution in [0.4, 0.5) is 26.3 Å². The van der Waals surface area contributed by atoms with E-state index in [1.54, 1.807) is 19.2 Å². The van der Waals surface area contributed by atoms with Gasteiger partial charge in [-0.3, -0.25) is 9.78 Å². The van der Waals surface area contributed by atoms with Crippen molar-refractivity contribution in [2.45, 2.75) is 43.1 Å². The van der Waals surface area contributed by atoms with Crippen molar-refractivity contribution in [3.8, 4) is 22.8 Å². The zero-order valence-electron chi connectivity index (χ0n) is 23.9. The first-order valence-corrected chi connectivity index (χ1v) is 14.1. The minimum Gasteiger partial charge on any atom is -0.490 e. The molecule has 1 aliphatic carbocycles. The van der Waals surface area contributed by atoms with E-state index in [2.05, 4.69) is 15.3 Å². The van der Waals surface area contributed by atoms with Crippen LogP contribution in [-0.2, 0) is 11.0 Å². The molecule has 2 aromatic carbocycles. The molecule has 1 fully saturated rings. The third-order valence-electron chi connectivity index (χ3n) is 8.03. The third kappa shape index (κ3) is 5.54. The van der Waals surface area contributed by atoms with E-state index in [-0.39, 0.29) is 34.2 Å². The number of alkyl halides is 5. The summed E-state index contributed by atoms with van der Waals surface area (Å²) in [5, 5.41) is 13.9. The van der Waals surface area contributed by atoms with Gasteiger partial charge in [0, 0.05) is 28.3 Å². The first-order valence-electron chi connectivity index (χ1n) is 14.1. The van der Waals surface area contributed by atoms with Crippen LogP contribution in [0.3, 0.4) is 0 Å². The molecule has 0 unspecified atom stereocenters. The number of ether oxygens (including phenoxy) is 2. The van der Waals surface area contributed by atoms with Crippen molar-refractivity contribution in [2.75, 3.05) is 26.5 Å². The predicted octanol–water partition coefficient (Wildman–Crippen LogP) is 6.03. The number of carbonyl (C=O) groups is 1. The Kier molecular flexibility index (Phi) is 7.62. The van der Waals surface area contributed by atoms with Crippen LogP contribution in [0.5, 0.6) is 11.5 Å². The van der Waals surface area contributed by atoms with E-state index in [9.17, 15) is 36.2 Å². The molecule has 1 saturated carbocycles. The van der Waals surface area contributed by atoms with Crippen molar-refractivity contribution in [3.63, 3.8) is 0 Å². The molecule has 1 aliphatic heterocycles. The van der Waals surface area contributed by atoms with Gasteiger partial charge < -0.3 is 19.9 Å². The molecule has 236 valence electrons. The lowest BCUT2D eigenvalue weighted by molar-refractivity contribution is -0.265. The molecule has 1 amide bonds. The zero-order valence-corrected chi connectivity index (χ0v) is 23.9. The Morgan fingerprint density at radius 3 is 2.47 bits per heavy atom. The van der Waals surface area contributed by atoms with E-state index in [0.717, 1.165) is 36.6 Å². The van der Waals surface area contributed by atoms with E-state index in [1.165, 1.54) is 24.3 Å². The number of pyridine rings is 2. The molecule has 0 saturated heterocycles. The van der Waals surface area contributed by atoms with Gasteiger partial charge in [0.15, 0.2) is 0 Å². The molecule has 3 heterocycles. The molecule has 1 atom stereocenters. The number of amides is 1. The molecular weight excluding hydrogens is 604 g/mol. The van der Waals surface area contributed by atoms with Gasteiger partial charge in [-0.1, -0.05) is 0 Å². The van der Waals surface area contributed by atoms with E-state index in [0.29, 0.717) is 16.7 Å². The number of hydrogen-bond donors (Lipinski definition) is 2. The zero-order chi connectivity index (χ0) is 32.1. The predicted molar refractivity (Wildman–Crippen MR) is 151 cm³/mol. The van der Waals surface area contributed by atoms with Gasteiger partial charge in [-0.2, -0.15) is 13.2 Å². The van der Waals surface area contributed by atoms with Crippen LogP contribution in [0.2, 0.25) is 0 Å². The number of halogens is 6. The molecule has 0 radical (unpaired) electrons. The lowest BCUT2D eigenvalue weighted by Crippen LogP contribution is -2.51. The normalized spacial score (nSPS) is 17.0. The quantitative estimate of drug-likeness (QED) is 0.219. The Morgan fingerprint density at radius 2 is 1.82 bits per heavy atom. The summed E-state index contributed by atoms with van der Waals surface area (Å²) in [5.74, 6) is -1.48. The Bertz CT molecular complexity index is 1770. The van der Waals surface area contributed by atoms with E-state index in [1.807, 2.05) is 0 Å². The maximum atomic E-state index is 14.7. The van der Waals surface area contributed by atoms with E-state index >= 15 is 0 Å². The smallest absolute Gasteiger partial charge is 0.424 e. The molecule has 7 nitrogen and oxygen atoms in total. The number of fused-ring (bicyclic) bond motifs is 2. The standard InChI is InChI=1S/C32H27F6N3O4/c1-17-8-19-9-20(10-24(26(19)39-12-17)45-22-6-7-22)29(42)40-15-31(43,32(36,37)38)25-11-23-28(44-16-30(23,13-33)14-34)27(41-25)18-2-4-21(35)5-3-18/h2-5,8-12,22,43H,6-7,13-16H2,1H3,(H,40,42)/t31-/m0/s1. The summed E-state index contributed by atoms with van der Waals surface area (Å²) in [6.07, 6.45) is -2.23. The summed E-state index contributed by atoms with van der Waals surface area (Å²) in [6, 6.07) is 9.80. The number of hydrogen-bond acceptors (Lipinski definition) is 6. The topological polar surface area (TPSA) is 93.6 Å². The van der Waals surface area contributed by atoms with Crippen LogP contribution in [0.25, 0.3) is 22.2 Å². The maximum Gasteiger partial charge on any atom is 0.424 e. The van der Waals surface area contributed by atoms with Crippen LogP contribution >= 0.6 is 0 Å². The summed E-state index contributed by atoms with van der Waals surface area (Å²) >= 11 is 0. The van der Waals surface area contributed by atoms with Crippen LogP contribution in [0.1, 0.15) is 40.0 Å². The van der Waals surface area contributed by atoms with Crippen molar-refractivity contribution in [3.05, 3.63) is 82.9 Å². The summed E-state index contributed by atoms with van der Waals surface area (Å²) in [6.45, 7) is -2.76. The van der Waals surface area contributed by atoms with Crippen molar-refractivity contribution >= 4 is 16.8 Å². The van der Waals surface area contributed by atoms with Gasteiger partial charge in [-0.15, -0.1) is 0 Å². The highest BCUT2D eigenvalue weighted by Gasteiger charge is 2.57. The number of aliphatic hydroxyl groups is 1. The first kappa shape index (κ1) is 30.6. The fraction of sp³-hybridized carbons (Fsp3) is 0.344. The van der Waals surface area contributed by atoms with E-state index in [4.69, 9.17) is 9.47 Å². The average molecular weight is 632 g/mol. The minimum absolute atomic E-state index is 0.0359. The molecule has 13 heteroatoms. The van der Waals surface area contributed by atoms with Gasteiger partial charge in [0.1, 0.15) is 48.5 Å². The van der Waals surface area contributed by atoms with Crippen LogP contribution in [0.15, 0.2) is 54.7 Å². The summed E-state index contributed by atoms with van der Waals surface area (Å²) in [4.78, 5) is 21.7. The third-order valence-corrected chi connectivity index (χ3v) is 8.03. The second-order valence-electron chi connectivity index (χ2n) is 11.5. The lowest BCUT2D eigenvalue weighted by atomic mass is 9.82. The molecule has 0 spiro atoms. The van der Waals surface area contributed by atoms with Gasteiger partial charge in [-0.05, 0) is 73.9 Å². The number of carbonyl (C=O) groups excluding carboxylic acids is 1. The average Bonchev–Trinajstić information content (AvgIpc) is 3.76. The first-order chi connectivity index (χ1) is 21.4. The van der Waals surface area contributed by atoms with Gasteiger partial charge in [0.2, 0.25) is 5.60 Å². The van der Waals surface area contributed by atoms with Gasteiger partial charge in [-0.25, -0.2) is 18.2 Å². The van der Waals surface area contributed by atoms with Crippen molar-refractivity contribution in [1.82, 2.24) is 15.3 Å². The van der Waals surface area contributed by atoms with Crippen molar-refractivity contribution < 1.29 is 45.7 Å². The fourth-order valence-electron chi connectivity index (χ4n) is 5.19. The number of aryl methyl sites for hydroxylation is 1. The number of rotatable bonds is 9. The molecule has 2 N–H and O–H groups in total. The second-order valence-corrected chi connectivity index (χ2v) is 11.5. The van der Waals surface area contributed by atoms with E-state index < -0.39 is 61.1 Å². The molecule has 2 aromatic heterocycles. The molecule has 2 aliphatic rings. The summed E-state index contributed by atoms with van der Waals surface area (Å²) < 4.78 is 97.7. The highest BCUT2D eigenvalue weighted by atomic mass is 19.4. The Labute approximate surface area is 253 Å². The Hall–Kier alpha value is -4.39. The highest BCUT2D eigenvalue weighted by molar-refractivity contribution is 6.00. The largest absolute Gasteiger partial charge is 0.490 e. The molecule has 4 aromatic rings. The minimum atomic E-state index is -5.42. The summed E-state index contributed by atoms with van der Waals surface area (Å²) in [7, 11) is 0. The van der Waals surface area contributed by atoms with Gasteiger partial charge in [0.05, 0.1) is 23.8 Å². The number of aromatic nitrogens is 2. The number of benzene rings is 2. The van der Waals surface area contributed by atoms with Gasteiger partial charge in [0.25, 0.3) is 5.91 Å². The number of nitrogens with one attached hydrogen (secondary N) is 1.